The topological polar surface area (TPSA) is 72.5 Å². The van der Waals surface area contributed by atoms with Crippen LogP contribution in [0.2, 0.25) is 0 Å². The van der Waals surface area contributed by atoms with E-state index in [9.17, 15) is 14.4 Å². The lowest BCUT2D eigenvalue weighted by Crippen LogP contribution is -2.47. The van der Waals surface area contributed by atoms with Crippen molar-refractivity contribution < 1.29 is 19.1 Å². The number of fused-ring (bicyclic) bond motifs is 4. The SMILES string of the molecule is CCNC(=O)O[C@H]1CC[C@H]2[C@@H]3CCC4=CC(=O)CCC4=C3[C@@H](c3ccc(C=O)cc3)C[C@]12C. The number of rotatable bonds is 4. The highest BCUT2D eigenvalue weighted by Crippen LogP contribution is 2.64. The monoisotopic (exact) mass is 447 g/mol. The second kappa shape index (κ2) is 8.58. The van der Waals surface area contributed by atoms with Crippen LogP contribution in [0.1, 0.15) is 80.6 Å². The van der Waals surface area contributed by atoms with E-state index in [4.69, 9.17) is 4.74 Å². The number of carbonyl (C=O) groups is 3. The Morgan fingerprint density at radius 2 is 1.94 bits per heavy atom. The Morgan fingerprint density at radius 3 is 2.67 bits per heavy atom. The van der Waals surface area contributed by atoms with Crippen LogP contribution >= 0.6 is 0 Å². The first-order valence-corrected chi connectivity index (χ1v) is 12.4. The van der Waals surface area contributed by atoms with Crippen LogP contribution in [0, 0.1) is 17.3 Å². The number of ether oxygens (including phenoxy) is 1. The van der Waals surface area contributed by atoms with Gasteiger partial charge < -0.3 is 10.1 Å². The average molecular weight is 448 g/mol. The van der Waals surface area contributed by atoms with E-state index in [1.807, 2.05) is 25.1 Å². The first kappa shape index (κ1) is 22.1. The van der Waals surface area contributed by atoms with E-state index in [1.54, 1.807) is 0 Å². The lowest BCUT2D eigenvalue weighted by molar-refractivity contribution is -0.114. The van der Waals surface area contributed by atoms with Crippen LogP contribution in [0.3, 0.4) is 0 Å². The number of ketones is 1. The molecule has 2 saturated carbocycles. The maximum Gasteiger partial charge on any atom is 0.407 e. The summed E-state index contributed by atoms with van der Waals surface area (Å²) in [7, 11) is 0. The molecule has 0 aromatic heterocycles. The summed E-state index contributed by atoms with van der Waals surface area (Å²) < 4.78 is 5.98. The van der Waals surface area contributed by atoms with Gasteiger partial charge in [-0.25, -0.2) is 4.79 Å². The number of amides is 1. The van der Waals surface area contributed by atoms with Gasteiger partial charge in [0.1, 0.15) is 12.4 Å². The number of allylic oxidation sites excluding steroid dienone is 4. The smallest absolute Gasteiger partial charge is 0.407 e. The number of alkyl carbamates (subject to hydrolysis) is 1. The van der Waals surface area contributed by atoms with E-state index in [-0.39, 0.29) is 29.3 Å². The van der Waals surface area contributed by atoms with Crippen LogP contribution in [0.25, 0.3) is 0 Å². The molecule has 0 bridgehead atoms. The van der Waals surface area contributed by atoms with Gasteiger partial charge >= 0.3 is 6.09 Å². The van der Waals surface area contributed by atoms with E-state index in [0.29, 0.717) is 30.4 Å². The summed E-state index contributed by atoms with van der Waals surface area (Å²) in [5, 5.41) is 2.80. The lowest BCUT2D eigenvalue weighted by atomic mass is 9.53. The molecular weight excluding hydrogens is 414 g/mol. The van der Waals surface area contributed by atoms with Crippen molar-refractivity contribution in [3.63, 3.8) is 0 Å². The molecule has 5 heteroatoms. The molecule has 5 nitrogen and oxygen atoms in total. The number of hydrogen-bond donors (Lipinski definition) is 1. The standard InChI is InChI=1S/C28H33NO4/c1-3-29-27(32)33-25-13-12-24-22-10-8-19-14-20(31)9-11-21(19)26(22)23(15-28(24,25)2)18-6-4-17(16-30)5-7-18/h4-7,14,16,22-25H,3,8-13,15H2,1-2H3,(H,29,32)/t22-,23+,24-,25-,28-/m0/s1. The Balaban J connectivity index is 1.58. The summed E-state index contributed by atoms with van der Waals surface area (Å²) in [6, 6.07) is 7.98. The zero-order valence-corrected chi connectivity index (χ0v) is 19.6. The Morgan fingerprint density at radius 1 is 1.15 bits per heavy atom. The van der Waals surface area contributed by atoms with E-state index < -0.39 is 0 Å². The molecular formula is C28H33NO4. The van der Waals surface area contributed by atoms with Gasteiger partial charge in [-0.3, -0.25) is 9.59 Å². The number of benzene rings is 1. The normalized spacial score (nSPS) is 32.9. The lowest BCUT2D eigenvalue weighted by Gasteiger charge is -2.52. The summed E-state index contributed by atoms with van der Waals surface area (Å²) in [6.45, 7) is 4.78. The fraction of sp³-hybridized carbons (Fsp3) is 0.536. The minimum absolute atomic E-state index is 0.0952. The predicted molar refractivity (Wildman–Crippen MR) is 126 cm³/mol. The highest BCUT2D eigenvalue weighted by molar-refractivity contribution is 5.93. The highest BCUT2D eigenvalue weighted by atomic mass is 16.6. The molecule has 1 N–H and O–H groups in total. The van der Waals surface area contributed by atoms with Crippen molar-refractivity contribution in [1.82, 2.24) is 5.32 Å². The van der Waals surface area contributed by atoms with Gasteiger partial charge in [0.05, 0.1) is 0 Å². The largest absolute Gasteiger partial charge is 0.446 e. The Kier molecular flexibility index (Phi) is 5.75. The molecule has 5 atom stereocenters. The molecule has 4 aliphatic carbocycles. The van der Waals surface area contributed by atoms with Crippen molar-refractivity contribution >= 4 is 18.2 Å². The molecule has 0 radical (unpaired) electrons. The molecule has 33 heavy (non-hydrogen) atoms. The van der Waals surface area contributed by atoms with Gasteiger partial charge in [-0.1, -0.05) is 36.8 Å². The average Bonchev–Trinajstić information content (AvgIpc) is 3.14. The van der Waals surface area contributed by atoms with Gasteiger partial charge in [-0.2, -0.15) is 0 Å². The molecule has 174 valence electrons. The molecule has 0 saturated heterocycles. The molecule has 0 spiro atoms. The van der Waals surface area contributed by atoms with Gasteiger partial charge in [0.2, 0.25) is 0 Å². The third-order valence-corrected chi connectivity index (χ3v) is 8.69. The van der Waals surface area contributed by atoms with E-state index in [1.165, 1.54) is 22.3 Å². The molecule has 2 fully saturated rings. The fourth-order valence-corrected chi connectivity index (χ4v) is 7.23. The molecule has 1 aromatic rings. The van der Waals surface area contributed by atoms with Crippen LogP contribution in [-0.2, 0) is 9.53 Å². The first-order valence-electron chi connectivity index (χ1n) is 12.4. The maximum atomic E-state index is 12.3. The Bertz CT molecular complexity index is 1040. The van der Waals surface area contributed by atoms with E-state index in [0.717, 1.165) is 44.8 Å². The third kappa shape index (κ3) is 3.75. The zero-order chi connectivity index (χ0) is 23.2. The molecule has 0 heterocycles. The zero-order valence-electron chi connectivity index (χ0n) is 19.6. The minimum atomic E-state index is -0.319. The third-order valence-electron chi connectivity index (χ3n) is 8.69. The Hall–Kier alpha value is -2.69. The highest BCUT2D eigenvalue weighted by Gasteiger charge is 2.58. The Labute approximate surface area is 195 Å². The second-order valence-corrected chi connectivity index (χ2v) is 10.4. The summed E-state index contributed by atoms with van der Waals surface area (Å²) in [4.78, 5) is 35.7. The summed E-state index contributed by atoms with van der Waals surface area (Å²) >= 11 is 0. The number of carbonyl (C=O) groups excluding carboxylic acids is 3. The predicted octanol–water partition coefficient (Wildman–Crippen LogP) is 5.51. The van der Waals surface area contributed by atoms with Crippen molar-refractivity contribution in [2.24, 2.45) is 17.3 Å². The van der Waals surface area contributed by atoms with Crippen molar-refractivity contribution in [2.45, 2.75) is 70.8 Å². The van der Waals surface area contributed by atoms with Gasteiger partial charge in [0.25, 0.3) is 0 Å². The molecule has 1 amide bonds. The van der Waals surface area contributed by atoms with Gasteiger partial charge in [-0.05, 0) is 80.1 Å². The molecule has 0 aliphatic heterocycles. The van der Waals surface area contributed by atoms with Crippen LogP contribution in [0.4, 0.5) is 4.79 Å². The van der Waals surface area contributed by atoms with E-state index in [2.05, 4.69) is 24.4 Å². The van der Waals surface area contributed by atoms with Crippen molar-refractivity contribution in [2.75, 3.05) is 6.54 Å². The maximum absolute atomic E-state index is 12.3. The van der Waals surface area contributed by atoms with E-state index >= 15 is 0 Å². The second-order valence-electron chi connectivity index (χ2n) is 10.4. The van der Waals surface area contributed by atoms with Gasteiger partial charge in [0, 0.05) is 29.9 Å². The van der Waals surface area contributed by atoms with Gasteiger partial charge in [-0.15, -0.1) is 0 Å². The summed E-state index contributed by atoms with van der Waals surface area (Å²) in [6.07, 6.45) is 8.67. The minimum Gasteiger partial charge on any atom is -0.446 e. The molecule has 1 aromatic carbocycles. The molecule has 4 aliphatic rings. The number of aldehydes is 1. The van der Waals surface area contributed by atoms with Gasteiger partial charge in [0.15, 0.2) is 5.78 Å². The van der Waals surface area contributed by atoms with Crippen LogP contribution in [0.15, 0.2) is 47.1 Å². The van der Waals surface area contributed by atoms with Crippen molar-refractivity contribution in [3.8, 4) is 0 Å². The van der Waals surface area contributed by atoms with Crippen molar-refractivity contribution in [1.29, 1.82) is 0 Å². The van der Waals surface area contributed by atoms with Crippen molar-refractivity contribution in [3.05, 3.63) is 58.2 Å². The number of nitrogens with one attached hydrogen (secondary N) is 1. The fourth-order valence-electron chi connectivity index (χ4n) is 7.23. The van der Waals surface area contributed by atoms with Crippen LogP contribution in [0.5, 0.6) is 0 Å². The molecule has 0 unspecified atom stereocenters. The summed E-state index contributed by atoms with van der Waals surface area (Å²) in [5.74, 6) is 1.38. The van der Waals surface area contributed by atoms with Crippen LogP contribution in [-0.4, -0.2) is 30.8 Å². The quantitative estimate of drug-likeness (QED) is 0.618. The van der Waals surface area contributed by atoms with Crippen LogP contribution < -0.4 is 5.32 Å². The molecule has 5 rings (SSSR count). The summed E-state index contributed by atoms with van der Waals surface area (Å²) in [5.41, 5.74) is 5.96. The first-order chi connectivity index (χ1) is 15.9. The number of hydrogen-bond acceptors (Lipinski definition) is 4.